The Kier molecular flexibility index (Phi) is 3.16. The first-order valence-electron chi connectivity index (χ1n) is 7.25. The largest absolute Gasteiger partial charge is 0.0760 e. The van der Waals surface area contributed by atoms with Crippen molar-refractivity contribution < 1.29 is 0 Å². The van der Waals surface area contributed by atoms with Gasteiger partial charge in [-0.05, 0) is 21.6 Å². The van der Waals surface area contributed by atoms with E-state index in [0.29, 0.717) is 11.8 Å². The normalized spacial score (nSPS) is 22.9. The van der Waals surface area contributed by atoms with Gasteiger partial charge in [-0.3, -0.25) is 0 Å². The maximum absolute atomic E-state index is 3.85. The summed E-state index contributed by atoms with van der Waals surface area (Å²) in [6.07, 6.45) is 8.94. The van der Waals surface area contributed by atoms with Crippen molar-refractivity contribution in [1.82, 2.24) is 0 Å². The van der Waals surface area contributed by atoms with Crippen LogP contribution in [-0.4, -0.2) is 0 Å². The first kappa shape index (κ1) is 12.8. The number of allylic oxidation sites excluding steroid dienone is 4. The van der Waals surface area contributed by atoms with Crippen molar-refractivity contribution in [2.45, 2.75) is 0 Å². The predicted molar refractivity (Wildman–Crippen MR) is 92.2 cm³/mol. The van der Waals surface area contributed by atoms with Gasteiger partial charge in [0, 0.05) is 16.3 Å². The summed E-state index contributed by atoms with van der Waals surface area (Å²) in [6, 6.07) is 19.5. The van der Waals surface area contributed by atoms with Gasteiger partial charge < -0.3 is 0 Å². The quantitative estimate of drug-likeness (QED) is 0.744. The summed E-state index contributed by atoms with van der Waals surface area (Å²) >= 11 is 3.85. The van der Waals surface area contributed by atoms with Gasteiger partial charge in [-0.2, -0.15) is 0 Å². The molecule has 0 saturated carbocycles. The Morgan fingerprint density at radius 3 is 2.05 bits per heavy atom. The molecule has 2 aliphatic rings. The lowest BCUT2D eigenvalue weighted by atomic mass is 9.75. The van der Waals surface area contributed by atoms with Crippen molar-refractivity contribution in [3.8, 4) is 0 Å². The summed E-state index contributed by atoms with van der Waals surface area (Å²) in [4.78, 5) is 0. The number of benzene rings is 2. The number of halogens is 1. The van der Waals surface area contributed by atoms with Crippen LogP contribution in [0.2, 0.25) is 0 Å². The molecule has 0 fully saturated rings. The van der Waals surface area contributed by atoms with E-state index in [4.69, 9.17) is 0 Å². The molecule has 0 aromatic heterocycles. The second-order valence-corrected chi connectivity index (χ2v) is 6.35. The number of rotatable bonds is 1. The Morgan fingerprint density at radius 2 is 1.29 bits per heavy atom. The fraction of sp³-hybridized carbons (Fsp3) is 0.100. The van der Waals surface area contributed by atoms with E-state index in [-0.39, 0.29) is 0 Å². The van der Waals surface area contributed by atoms with E-state index in [1.54, 1.807) is 0 Å². The molecule has 0 bridgehead atoms. The van der Waals surface area contributed by atoms with Crippen LogP contribution in [0, 0.1) is 11.8 Å². The minimum atomic E-state index is 0.403. The zero-order valence-corrected chi connectivity index (χ0v) is 13.1. The Morgan fingerprint density at radius 1 is 0.667 bits per heavy atom. The molecule has 0 spiro atoms. The van der Waals surface area contributed by atoms with Gasteiger partial charge in [0.1, 0.15) is 0 Å². The summed E-state index contributed by atoms with van der Waals surface area (Å²) in [5.74, 6) is 0.807. The summed E-state index contributed by atoms with van der Waals surface area (Å²) in [5, 5.41) is 2.66. The highest BCUT2D eigenvalue weighted by Gasteiger charge is 2.29. The predicted octanol–water partition coefficient (Wildman–Crippen LogP) is 3.76. The van der Waals surface area contributed by atoms with Crippen LogP contribution in [0.5, 0.6) is 0 Å². The van der Waals surface area contributed by atoms with Crippen LogP contribution in [0.4, 0.5) is 0 Å². The third kappa shape index (κ3) is 2.04. The van der Waals surface area contributed by atoms with Crippen molar-refractivity contribution in [3.05, 3.63) is 94.9 Å². The zero-order chi connectivity index (χ0) is 14.2. The first-order chi connectivity index (χ1) is 10.4. The molecule has 2 unspecified atom stereocenters. The minimum Gasteiger partial charge on any atom is -0.0760 e. The highest BCUT2D eigenvalue weighted by molar-refractivity contribution is 9.14. The van der Waals surface area contributed by atoms with E-state index in [1.165, 1.54) is 26.1 Å². The van der Waals surface area contributed by atoms with Crippen molar-refractivity contribution in [3.63, 3.8) is 0 Å². The Hall–Kier alpha value is -1.86. The van der Waals surface area contributed by atoms with Gasteiger partial charge in [-0.15, -0.1) is 0 Å². The molecular weight excluding hydrogens is 320 g/mol. The Labute approximate surface area is 133 Å². The van der Waals surface area contributed by atoms with Gasteiger partial charge in [-0.25, -0.2) is 0 Å². The fourth-order valence-electron chi connectivity index (χ4n) is 3.38. The molecule has 1 heteroatoms. The lowest BCUT2D eigenvalue weighted by molar-refractivity contribution is 0.700. The van der Waals surface area contributed by atoms with Crippen molar-refractivity contribution >= 4 is 26.0 Å². The average molecular weight is 335 g/mol. The molecule has 102 valence electrons. The van der Waals surface area contributed by atoms with Crippen LogP contribution in [0.3, 0.4) is 0 Å². The molecule has 2 aromatic rings. The molecule has 0 aliphatic heterocycles. The highest BCUT2D eigenvalue weighted by atomic mass is 79.9. The smallest absolute Gasteiger partial charge is 0.0198 e. The maximum Gasteiger partial charge on any atom is 0.0198 e. The van der Waals surface area contributed by atoms with E-state index >= 15 is 0 Å². The fourth-order valence-corrected chi connectivity index (χ4v) is 4.16. The lowest BCUT2D eigenvalue weighted by Gasteiger charge is -2.30. The van der Waals surface area contributed by atoms with Crippen molar-refractivity contribution in [2.24, 2.45) is 11.8 Å². The van der Waals surface area contributed by atoms with Crippen LogP contribution >= 0.6 is 15.9 Å². The van der Waals surface area contributed by atoms with E-state index in [1.807, 2.05) is 0 Å². The van der Waals surface area contributed by atoms with E-state index < -0.39 is 0 Å². The highest BCUT2D eigenvalue weighted by Crippen LogP contribution is 2.39. The molecule has 0 amide bonds. The van der Waals surface area contributed by atoms with Gasteiger partial charge in [0.2, 0.25) is 0 Å². The third-order valence-corrected chi connectivity index (χ3v) is 5.28. The molecule has 2 aliphatic carbocycles. The molecule has 4 rings (SSSR count). The average Bonchev–Trinajstić information content (AvgIpc) is 2.56. The first-order valence-corrected chi connectivity index (χ1v) is 8.05. The molecule has 2 aromatic carbocycles. The Bertz CT molecular complexity index is 856. The zero-order valence-electron chi connectivity index (χ0n) is 11.5. The number of hydrogen-bond donors (Lipinski definition) is 0. The van der Waals surface area contributed by atoms with Gasteiger partial charge in [0.05, 0.1) is 0 Å². The molecule has 0 saturated heterocycles. The van der Waals surface area contributed by atoms with Crippen LogP contribution in [-0.2, 0) is 0 Å². The van der Waals surface area contributed by atoms with Crippen LogP contribution in [0.15, 0.2) is 78.9 Å². The topological polar surface area (TPSA) is 0 Å². The van der Waals surface area contributed by atoms with Crippen LogP contribution in [0.1, 0.15) is 5.56 Å². The number of hydrogen-bond acceptors (Lipinski definition) is 0. The molecule has 0 nitrogen and oxygen atoms in total. The number of fused-ring (bicyclic) bond motifs is 2. The van der Waals surface area contributed by atoms with Gasteiger partial charge in [-0.1, -0.05) is 94.8 Å². The second kappa shape index (κ2) is 5.16. The van der Waals surface area contributed by atoms with Crippen LogP contribution in [0.25, 0.3) is 10.1 Å². The van der Waals surface area contributed by atoms with Gasteiger partial charge in [0.25, 0.3) is 0 Å². The van der Waals surface area contributed by atoms with Gasteiger partial charge in [0.15, 0.2) is 0 Å². The molecular formula is C20H15Br. The molecule has 0 N–H and O–H groups in total. The molecule has 21 heavy (non-hydrogen) atoms. The van der Waals surface area contributed by atoms with E-state index in [0.717, 1.165) is 0 Å². The Balaban J connectivity index is 2.13. The SMILES string of the molecule is BrC1=c2ccccc2=C(c2ccccc2)C2C=CC=CC12. The monoisotopic (exact) mass is 334 g/mol. The summed E-state index contributed by atoms with van der Waals surface area (Å²) in [5.41, 5.74) is 2.75. The van der Waals surface area contributed by atoms with Gasteiger partial charge >= 0.3 is 0 Å². The lowest BCUT2D eigenvalue weighted by Crippen LogP contribution is -2.38. The summed E-state index contributed by atoms with van der Waals surface area (Å²) in [7, 11) is 0. The summed E-state index contributed by atoms with van der Waals surface area (Å²) in [6.45, 7) is 0. The van der Waals surface area contributed by atoms with Crippen molar-refractivity contribution in [1.29, 1.82) is 0 Å². The third-order valence-electron chi connectivity index (χ3n) is 4.32. The minimum absolute atomic E-state index is 0.403. The standard InChI is InChI=1S/C20H15Br/c21-20-17-12-6-4-10-15(17)19(14-8-2-1-3-9-14)16-11-5-7-13-18(16)20/h1-13,15,17H. The van der Waals surface area contributed by atoms with Crippen LogP contribution < -0.4 is 10.4 Å². The van der Waals surface area contributed by atoms with E-state index in [2.05, 4.69) is 94.8 Å². The van der Waals surface area contributed by atoms with E-state index in [9.17, 15) is 0 Å². The molecule has 2 atom stereocenters. The summed E-state index contributed by atoms with van der Waals surface area (Å²) < 4.78 is 1.29. The molecule has 0 radical (unpaired) electrons. The molecule has 0 heterocycles. The second-order valence-electron chi connectivity index (χ2n) is 5.49. The van der Waals surface area contributed by atoms with Crippen molar-refractivity contribution in [2.75, 3.05) is 0 Å². The maximum atomic E-state index is 3.85.